The molecule has 0 unspecified atom stereocenters. The second-order valence-corrected chi connectivity index (χ2v) is 17.3. The molecule has 0 amide bonds. The maximum absolute atomic E-state index is 6.48. The van der Waals surface area contributed by atoms with E-state index in [-0.39, 0.29) is 23.3 Å². The van der Waals surface area contributed by atoms with Crippen LogP contribution in [-0.2, 0) is 12.5 Å². The Morgan fingerprint density at radius 3 is 0.645 bits per heavy atom. The van der Waals surface area contributed by atoms with E-state index in [4.69, 9.17) is 104 Å². The lowest BCUT2D eigenvalue weighted by Gasteiger charge is -2.33. The van der Waals surface area contributed by atoms with E-state index < -0.39 is 12.5 Å². The number of aryl methyl sites for hydroxylation is 5. The van der Waals surface area contributed by atoms with E-state index in [2.05, 4.69) is 0 Å². The van der Waals surface area contributed by atoms with Gasteiger partial charge in [-0.15, -0.1) is 0 Å². The van der Waals surface area contributed by atoms with E-state index in [0.717, 1.165) is 27.8 Å². The Bertz CT molecular complexity index is 1700. The Morgan fingerprint density at radius 1 is 0.306 bits per heavy atom. The van der Waals surface area contributed by atoms with Crippen molar-refractivity contribution >= 4 is 123 Å². The Hall–Kier alpha value is -1.49. The molecule has 0 atom stereocenters. The van der Waals surface area contributed by atoms with E-state index in [9.17, 15) is 0 Å². The van der Waals surface area contributed by atoms with E-state index >= 15 is 0 Å². The third kappa shape index (κ3) is 25.3. The monoisotopic (exact) mass is 1020 g/mol. The molecule has 0 aromatic heterocycles. The molecule has 0 heterocycles. The lowest BCUT2D eigenvalue weighted by molar-refractivity contribution is 0.732. The van der Waals surface area contributed by atoms with Gasteiger partial charge in [0, 0.05) is 14.0 Å². The van der Waals surface area contributed by atoms with Gasteiger partial charge in [0.05, 0.1) is 10.1 Å². The van der Waals surface area contributed by atoms with Crippen molar-refractivity contribution in [3.8, 4) is 0 Å². The third-order valence-corrected chi connectivity index (χ3v) is 11.4. The van der Waals surface area contributed by atoms with Crippen molar-refractivity contribution in [1.29, 1.82) is 0 Å². The van der Waals surface area contributed by atoms with Gasteiger partial charge in [-0.05, 0) is 56.9 Å². The molecule has 0 saturated heterocycles. The van der Waals surface area contributed by atoms with E-state index in [0.29, 0.717) is 26.8 Å². The van der Waals surface area contributed by atoms with Crippen molar-refractivity contribution in [2.75, 3.05) is 0 Å². The minimum atomic E-state index is -1.45. The normalized spacial score (nSPS) is 10.1. The van der Waals surface area contributed by atoms with Gasteiger partial charge in [0.15, 0.2) is 8.67 Å². The van der Waals surface area contributed by atoms with Crippen molar-refractivity contribution in [1.82, 2.24) is 0 Å². The van der Waals surface area contributed by atoms with E-state index in [1.54, 1.807) is 0 Å². The smallest absolute Gasteiger partial charge is 0.0925 e. The minimum absolute atomic E-state index is 0. The van der Waals surface area contributed by atoms with Crippen LogP contribution in [0.3, 0.4) is 0 Å². The summed E-state index contributed by atoms with van der Waals surface area (Å²) in [5, 5.41) is 1.17. The van der Waals surface area contributed by atoms with E-state index in [1.807, 2.05) is 225 Å². The minimum Gasteiger partial charge on any atom is -0.0925 e. The number of rotatable bonds is 5. The van der Waals surface area contributed by atoms with Gasteiger partial charge in [-0.2, -0.15) is 0 Å². The summed E-state index contributed by atoms with van der Waals surface area (Å²) in [5.41, 5.74) is 9.70. The molecular formula is C52H73BCl9. The first-order chi connectivity index (χ1) is 27.8. The fraction of sp³-hybridized carbons (Fsp3) is 0.385. The predicted molar refractivity (Wildman–Crippen MR) is 296 cm³/mol. The van der Waals surface area contributed by atoms with Crippen LogP contribution in [0.15, 0.2) is 121 Å². The Labute approximate surface area is 427 Å². The average Bonchev–Trinajstić information content (AvgIpc) is 3.25. The van der Waals surface area contributed by atoms with Crippen molar-refractivity contribution in [2.45, 2.75) is 131 Å². The van der Waals surface area contributed by atoms with Gasteiger partial charge in [-0.25, -0.2) is 0 Å². The fourth-order valence-corrected chi connectivity index (χ4v) is 6.07. The number of alkyl halides is 7. The van der Waals surface area contributed by atoms with Crippen LogP contribution in [0.4, 0.5) is 0 Å². The largest absolute Gasteiger partial charge is 0.216 e. The first-order valence-corrected chi connectivity index (χ1v) is 23.5. The summed E-state index contributed by atoms with van der Waals surface area (Å²) in [6.07, 6.45) is 0. The quantitative estimate of drug-likeness (QED) is 0.0935. The molecule has 347 valence electrons. The summed E-state index contributed by atoms with van der Waals surface area (Å²) in [6, 6.07) is 38.5. The van der Waals surface area contributed by atoms with Gasteiger partial charge in [0.1, 0.15) is 0 Å². The van der Waals surface area contributed by atoms with Crippen LogP contribution in [0, 0.1) is 34.6 Å². The van der Waals surface area contributed by atoms with Gasteiger partial charge < -0.3 is 0 Å². The van der Waals surface area contributed by atoms with Crippen LogP contribution in [0.5, 0.6) is 0 Å². The topological polar surface area (TPSA) is 0 Å². The lowest BCUT2D eigenvalue weighted by Crippen LogP contribution is -2.31. The summed E-state index contributed by atoms with van der Waals surface area (Å²) in [7, 11) is 0. The first-order valence-electron chi connectivity index (χ1n) is 20.1. The molecule has 0 aliphatic rings. The third-order valence-electron chi connectivity index (χ3n) is 7.40. The average molecular weight is 1030 g/mol. The highest BCUT2D eigenvalue weighted by Crippen LogP contribution is 2.56. The second kappa shape index (κ2) is 38.8. The van der Waals surface area contributed by atoms with Gasteiger partial charge in [-0.1, -0.05) is 338 Å². The summed E-state index contributed by atoms with van der Waals surface area (Å²) in [6.45, 7) is 30.1. The molecule has 0 nitrogen and oxygen atoms in total. The van der Waals surface area contributed by atoms with Crippen molar-refractivity contribution in [3.63, 3.8) is 0 Å². The first kappa shape index (κ1) is 72.1. The fourth-order valence-electron chi connectivity index (χ4n) is 4.28. The second-order valence-electron chi connectivity index (χ2n) is 11.6. The van der Waals surface area contributed by atoms with Gasteiger partial charge >= 0.3 is 0 Å². The zero-order valence-corrected chi connectivity index (χ0v) is 44.8. The maximum Gasteiger partial charge on any atom is 0.216 e. The highest BCUT2D eigenvalue weighted by Gasteiger charge is 2.49. The van der Waals surface area contributed by atoms with Crippen LogP contribution in [0.2, 0.25) is 0 Å². The molecule has 5 aromatic rings. The zero-order chi connectivity index (χ0) is 46.6. The molecule has 5 rings (SSSR count). The number of hydrogen-bond acceptors (Lipinski definition) is 0. The Balaban J connectivity index is -0.000000172. The maximum atomic E-state index is 6.48. The molecule has 62 heavy (non-hydrogen) atoms. The summed E-state index contributed by atoms with van der Waals surface area (Å²) < 4.78 is -4.19. The molecule has 5 aromatic carbocycles. The molecule has 0 bridgehead atoms. The molecule has 0 N–H and O–H groups in total. The molecule has 0 saturated carbocycles. The Kier molecular flexibility index (Phi) is 45.1. The molecule has 0 aliphatic heterocycles. The molecule has 0 spiro atoms. The molecule has 3 radical (unpaired) electrons. The molecule has 0 fully saturated rings. The lowest BCUT2D eigenvalue weighted by atomic mass is 10.0. The number of hydrogen-bond donors (Lipinski definition) is 0. The van der Waals surface area contributed by atoms with Crippen molar-refractivity contribution in [2.24, 2.45) is 0 Å². The molecule has 10 heteroatoms. The number of benzene rings is 5. The summed E-state index contributed by atoms with van der Waals surface area (Å²) in [5.74, 6) is 0. The summed E-state index contributed by atoms with van der Waals surface area (Å²) in [4.78, 5) is 0. The van der Waals surface area contributed by atoms with Gasteiger partial charge in [-0.3, -0.25) is 0 Å². The molecule has 0 aliphatic carbocycles. The Morgan fingerprint density at radius 2 is 0.468 bits per heavy atom. The van der Waals surface area contributed by atoms with E-state index in [1.165, 1.54) is 11.1 Å². The summed E-state index contributed by atoms with van der Waals surface area (Å²) >= 11 is 55.5. The standard InChI is InChI=1S/C16H14Cl4.C16H14Cl2.C8H7Cl3.5C2H6.2CH4.B/c1-11-3-7-13(8-4-11)15(17,18)16(19,20)14-9-5-12(2)6-10-14;1-11-3-7-13(8-4-11)15(17)16(18)14-9-5-12(2)6-10-14;1-6-2-4-7(5-3-6)8(9,10)11;5*1-2;;;/h3-10H,1-2H3;3-10H,1-2H3;2-5H,1H3;5*1-2H3;2*1H4;/b;16-15+;;;;;;;;;. The highest BCUT2D eigenvalue weighted by atomic mass is 35.6. The van der Waals surface area contributed by atoms with Gasteiger partial charge in [0.2, 0.25) is 3.79 Å². The van der Waals surface area contributed by atoms with Crippen molar-refractivity contribution in [3.05, 3.63) is 177 Å². The van der Waals surface area contributed by atoms with Crippen LogP contribution in [0.1, 0.15) is 140 Å². The number of halogens is 9. The van der Waals surface area contributed by atoms with Crippen LogP contribution in [0.25, 0.3) is 10.1 Å². The zero-order valence-electron chi connectivity index (χ0n) is 38.0. The van der Waals surface area contributed by atoms with Crippen molar-refractivity contribution < 1.29 is 0 Å². The predicted octanol–water partition coefficient (Wildman–Crippen LogP) is 21.7. The SMILES string of the molecule is C.C.CC.CC.CC.CC.CC.Cc1ccc(/C(Cl)=C(\Cl)c2ccc(C)cc2)cc1.Cc1ccc(C(Cl)(Cl)C(Cl)(Cl)c2ccc(C)cc2)cc1.Cc1ccc(C(Cl)(Cl)Cl)cc1.[B]. The van der Waals surface area contributed by atoms with Gasteiger partial charge in [0.25, 0.3) is 0 Å². The molecular weight excluding hydrogens is 954 g/mol. The van der Waals surface area contributed by atoms with Crippen LogP contribution in [-0.4, -0.2) is 8.41 Å². The highest BCUT2D eigenvalue weighted by molar-refractivity contribution is 6.67. The van der Waals surface area contributed by atoms with Crippen LogP contribution >= 0.6 is 104 Å². The van der Waals surface area contributed by atoms with Crippen LogP contribution < -0.4 is 0 Å².